The number of benzene rings is 1. The summed E-state index contributed by atoms with van der Waals surface area (Å²) < 4.78 is 14.7. The Balaban J connectivity index is 1.55. The number of halogens is 1. The Morgan fingerprint density at radius 2 is 1.92 bits per heavy atom. The maximum Gasteiger partial charge on any atom is 0.334 e. The first-order valence-corrected chi connectivity index (χ1v) is 7.92. The first-order valence-electron chi connectivity index (χ1n) is 7.92. The van der Waals surface area contributed by atoms with E-state index in [2.05, 4.69) is 10.1 Å². The van der Waals surface area contributed by atoms with Gasteiger partial charge in [-0.05, 0) is 30.5 Å². The molecule has 124 valence electrons. The summed E-state index contributed by atoms with van der Waals surface area (Å²) in [6.07, 6.45) is 2.87. The minimum atomic E-state index is -0.438. The lowest BCUT2D eigenvalue weighted by Crippen LogP contribution is -2.33. The van der Waals surface area contributed by atoms with Gasteiger partial charge in [-0.2, -0.15) is 9.88 Å². The van der Waals surface area contributed by atoms with Gasteiger partial charge in [-0.1, -0.05) is 12.1 Å². The first-order chi connectivity index (χ1) is 11.6. The predicted octanol–water partition coefficient (Wildman–Crippen LogP) is 1.72. The molecule has 0 N–H and O–H groups in total. The second-order valence-electron chi connectivity index (χ2n) is 6.00. The standard InChI is InChI=1S/C16H16FN5O2/c17-12-6-4-11(5-7-12)9-20-10-14(23)22(16(20)24)15-18-13-3-1-2-8-21(13)19-15/h4-7H,1-3,8-10H2. The molecule has 3 heterocycles. The summed E-state index contributed by atoms with van der Waals surface area (Å²) in [5.41, 5.74) is 0.761. The maximum atomic E-state index is 13.0. The number of carbonyl (C=O) groups is 2. The summed E-state index contributed by atoms with van der Waals surface area (Å²) in [6.45, 7) is 0.979. The summed E-state index contributed by atoms with van der Waals surface area (Å²) in [7, 11) is 0. The van der Waals surface area contributed by atoms with Gasteiger partial charge in [0.1, 0.15) is 18.2 Å². The molecule has 0 radical (unpaired) electrons. The average Bonchev–Trinajstić information content (AvgIpc) is 3.10. The highest BCUT2D eigenvalue weighted by molar-refractivity contribution is 6.18. The van der Waals surface area contributed by atoms with Crippen molar-refractivity contribution in [1.82, 2.24) is 19.7 Å². The Hall–Kier alpha value is -2.77. The molecule has 3 amide bonds. The molecule has 1 saturated heterocycles. The van der Waals surface area contributed by atoms with Gasteiger partial charge in [-0.15, -0.1) is 5.10 Å². The van der Waals surface area contributed by atoms with Gasteiger partial charge < -0.3 is 4.90 Å². The highest BCUT2D eigenvalue weighted by Crippen LogP contribution is 2.22. The third-order valence-electron chi connectivity index (χ3n) is 4.28. The SMILES string of the molecule is O=C1CN(Cc2ccc(F)cc2)C(=O)N1c1nc2n(n1)CCCC2. The van der Waals surface area contributed by atoms with Crippen molar-refractivity contribution in [2.24, 2.45) is 0 Å². The normalized spacial score (nSPS) is 17.5. The third kappa shape index (κ3) is 2.53. The van der Waals surface area contributed by atoms with Crippen LogP contribution in [-0.2, 0) is 24.3 Å². The summed E-state index contributed by atoms with van der Waals surface area (Å²) in [5, 5.41) is 4.30. The van der Waals surface area contributed by atoms with Crippen molar-refractivity contribution in [3.63, 3.8) is 0 Å². The molecule has 2 aliphatic rings. The Bertz CT molecular complexity index is 778. The molecule has 2 aliphatic heterocycles. The Kier molecular flexibility index (Phi) is 3.51. The van der Waals surface area contributed by atoms with E-state index in [1.165, 1.54) is 17.0 Å². The molecule has 0 atom stereocenters. The van der Waals surface area contributed by atoms with Crippen LogP contribution in [0.3, 0.4) is 0 Å². The average molecular weight is 329 g/mol. The van der Waals surface area contributed by atoms with E-state index in [0.717, 1.165) is 42.1 Å². The predicted molar refractivity (Wildman–Crippen MR) is 82.7 cm³/mol. The Labute approximate surface area is 137 Å². The third-order valence-corrected chi connectivity index (χ3v) is 4.28. The van der Waals surface area contributed by atoms with Gasteiger partial charge in [0, 0.05) is 19.5 Å². The number of nitrogens with zero attached hydrogens (tertiary/aromatic N) is 5. The number of fused-ring (bicyclic) bond motifs is 1. The first kappa shape index (κ1) is 14.8. The van der Waals surface area contributed by atoms with E-state index < -0.39 is 6.03 Å². The molecular weight excluding hydrogens is 313 g/mol. The van der Waals surface area contributed by atoms with E-state index in [9.17, 15) is 14.0 Å². The fourth-order valence-corrected chi connectivity index (χ4v) is 3.05. The van der Waals surface area contributed by atoms with Gasteiger partial charge in [0.15, 0.2) is 0 Å². The molecular formula is C16H16FN5O2. The highest BCUT2D eigenvalue weighted by atomic mass is 19.1. The second kappa shape index (κ2) is 5.70. The van der Waals surface area contributed by atoms with E-state index in [0.29, 0.717) is 0 Å². The van der Waals surface area contributed by atoms with Crippen molar-refractivity contribution in [2.75, 3.05) is 11.4 Å². The molecule has 0 spiro atoms. The number of urea groups is 1. The van der Waals surface area contributed by atoms with Gasteiger partial charge in [-0.3, -0.25) is 4.79 Å². The van der Waals surface area contributed by atoms with Crippen molar-refractivity contribution >= 4 is 17.9 Å². The molecule has 1 aromatic heterocycles. The van der Waals surface area contributed by atoms with Crippen LogP contribution in [0.2, 0.25) is 0 Å². The summed E-state index contributed by atoms with van der Waals surface area (Å²) >= 11 is 0. The number of hydrogen-bond acceptors (Lipinski definition) is 4. The summed E-state index contributed by atoms with van der Waals surface area (Å²) in [5.74, 6) is 0.291. The van der Waals surface area contributed by atoms with Crippen LogP contribution in [0.1, 0.15) is 24.2 Å². The fraction of sp³-hybridized carbons (Fsp3) is 0.375. The fourth-order valence-electron chi connectivity index (χ4n) is 3.05. The topological polar surface area (TPSA) is 71.3 Å². The molecule has 24 heavy (non-hydrogen) atoms. The molecule has 8 heteroatoms. The number of aryl methyl sites for hydroxylation is 2. The van der Waals surface area contributed by atoms with Crippen LogP contribution in [0.4, 0.5) is 15.1 Å². The highest BCUT2D eigenvalue weighted by Gasteiger charge is 2.39. The number of amides is 3. The van der Waals surface area contributed by atoms with Crippen molar-refractivity contribution < 1.29 is 14.0 Å². The van der Waals surface area contributed by atoms with Crippen molar-refractivity contribution in [3.8, 4) is 0 Å². The minimum Gasteiger partial charge on any atom is -0.310 e. The molecule has 0 saturated carbocycles. The van der Waals surface area contributed by atoms with Crippen molar-refractivity contribution in [2.45, 2.75) is 32.4 Å². The molecule has 2 aromatic rings. The van der Waals surface area contributed by atoms with Gasteiger partial charge in [0.2, 0.25) is 0 Å². The number of carbonyl (C=O) groups excluding carboxylic acids is 2. The van der Waals surface area contributed by atoms with Crippen molar-refractivity contribution in [3.05, 3.63) is 41.5 Å². The lowest BCUT2D eigenvalue weighted by atomic mass is 10.2. The molecule has 0 unspecified atom stereocenters. The minimum absolute atomic E-state index is 0.0277. The second-order valence-corrected chi connectivity index (χ2v) is 6.00. The smallest absolute Gasteiger partial charge is 0.310 e. The van der Waals surface area contributed by atoms with Crippen LogP contribution in [0.15, 0.2) is 24.3 Å². The van der Waals surface area contributed by atoms with Gasteiger partial charge in [0.25, 0.3) is 11.9 Å². The zero-order valence-electron chi connectivity index (χ0n) is 13.0. The van der Waals surface area contributed by atoms with E-state index in [-0.39, 0.29) is 30.8 Å². The number of hydrogen-bond donors (Lipinski definition) is 0. The van der Waals surface area contributed by atoms with Crippen molar-refractivity contribution in [1.29, 1.82) is 0 Å². The van der Waals surface area contributed by atoms with Crippen LogP contribution in [0.25, 0.3) is 0 Å². The van der Waals surface area contributed by atoms with E-state index >= 15 is 0 Å². The van der Waals surface area contributed by atoms with Crippen LogP contribution in [-0.4, -0.2) is 38.1 Å². The largest absolute Gasteiger partial charge is 0.334 e. The van der Waals surface area contributed by atoms with Gasteiger partial charge >= 0.3 is 6.03 Å². The molecule has 4 rings (SSSR count). The Morgan fingerprint density at radius 3 is 2.67 bits per heavy atom. The number of aromatic nitrogens is 3. The number of imide groups is 1. The van der Waals surface area contributed by atoms with Gasteiger partial charge in [-0.25, -0.2) is 13.9 Å². The van der Waals surface area contributed by atoms with E-state index in [1.807, 2.05) is 0 Å². The summed E-state index contributed by atoms with van der Waals surface area (Å²) in [4.78, 5) is 31.6. The number of rotatable bonds is 3. The van der Waals surface area contributed by atoms with Gasteiger partial charge in [0.05, 0.1) is 0 Å². The lowest BCUT2D eigenvalue weighted by molar-refractivity contribution is -0.116. The number of anilines is 1. The zero-order valence-corrected chi connectivity index (χ0v) is 13.0. The van der Waals surface area contributed by atoms with E-state index in [4.69, 9.17) is 0 Å². The lowest BCUT2D eigenvalue weighted by Gasteiger charge is -2.15. The molecule has 0 aliphatic carbocycles. The van der Waals surface area contributed by atoms with Crippen LogP contribution in [0.5, 0.6) is 0 Å². The molecule has 1 fully saturated rings. The molecule has 1 aromatic carbocycles. The monoisotopic (exact) mass is 329 g/mol. The summed E-state index contributed by atoms with van der Waals surface area (Å²) in [6, 6.07) is 5.43. The van der Waals surface area contributed by atoms with Crippen LogP contribution >= 0.6 is 0 Å². The van der Waals surface area contributed by atoms with Crippen LogP contribution in [0, 0.1) is 5.82 Å². The molecule has 0 bridgehead atoms. The van der Waals surface area contributed by atoms with Crippen LogP contribution < -0.4 is 4.90 Å². The zero-order chi connectivity index (χ0) is 16.7. The Morgan fingerprint density at radius 1 is 1.12 bits per heavy atom. The quantitative estimate of drug-likeness (QED) is 0.804. The maximum absolute atomic E-state index is 13.0. The molecule has 7 nitrogen and oxygen atoms in total. The van der Waals surface area contributed by atoms with E-state index in [1.54, 1.807) is 16.8 Å².